The van der Waals surface area contributed by atoms with Gasteiger partial charge in [-0.1, -0.05) is 11.6 Å². The van der Waals surface area contributed by atoms with Crippen LogP contribution in [0.1, 0.15) is 15.9 Å². The highest BCUT2D eigenvalue weighted by Crippen LogP contribution is 2.25. The third-order valence-corrected chi connectivity index (χ3v) is 3.52. The normalized spacial score (nSPS) is 9.90. The zero-order chi connectivity index (χ0) is 14.7. The van der Waals surface area contributed by atoms with E-state index in [0.29, 0.717) is 15.7 Å². The molecule has 100 valence electrons. The maximum atomic E-state index is 13.2. The van der Waals surface area contributed by atoms with Crippen LogP contribution in [0.25, 0.3) is 0 Å². The molecular formula is C14H7BrClFN2O. The molecule has 3 nitrogen and oxygen atoms in total. The second kappa shape index (κ2) is 6.04. The molecule has 0 heterocycles. The summed E-state index contributed by atoms with van der Waals surface area (Å²) in [6.45, 7) is 0. The van der Waals surface area contributed by atoms with E-state index < -0.39 is 11.7 Å². The molecule has 0 atom stereocenters. The van der Waals surface area contributed by atoms with Crippen molar-refractivity contribution in [2.45, 2.75) is 0 Å². The summed E-state index contributed by atoms with van der Waals surface area (Å²) in [6, 6.07) is 10.3. The van der Waals surface area contributed by atoms with E-state index in [1.807, 2.05) is 6.07 Å². The van der Waals surface area contributed by atoms with Crippen LogP contribution in [0.2, 0.25) is 5.02 Å². The SMILES string of the molecule is N#Cc1ccc(NC(=O)c2cc(F)ccc2Br)c(Cl)c1. The Labute approximate surface area is 128 Å². The summed E-state index contributed by atoms with van der Waals surface area (Å²) in [7, 11) is 0. The van der Waals surface area contributed by atoms with E-state index in [1.165, 1.54) is 30.3 Å². The van der Waals surface area contributed by atoms with Crippen molar-refractivity contribution in [3.8, 4) is 6.07 Å². The number of carbonyl (C=O) groups is 1. The predicted octanol–water partition coefficient (Wildman–Crippen LogP) is 4.37. The summed E-state index contributed by atoms with van der Waals surface area (Å²) in [4.78, 5) is 12.1. The molecule has 0 aliphatic rings. The number of carbonyl (C=O) groups excluding carboxylic acids is 1. The zero-order valence-corrected chi connectivity index (χ0v) is 12.3. The van der Waals surface area contributed by atoms with Gasteiger partial charge in [0.05, 0.1) is 27.9 Å². The lowest BCUT2D eigenvalue weighted by molar-refractivity contribution is 0.102. The van der Waals surface area contributed by atoms with Crippen molar-refractivity contribution in [2.24, 2.45) is 0 Å². The molecule has 0 radical (unpaired) electrons. The molecule has 2 aromatic rings. The van der Waals surface area contributed by atoms with Crippen LogP contribution in [0.5, 0.6) is 0 Å². The molecule has 6 heteroatoms. The third kappa shape index (κ3) is 3.16. The van der Waals surface area contributed by atoms with Gasteiger partial charge in [-0.25, -0.2) is 4.39 Å². The number of rotatable bonds is 2. The molecule has 0 fully saturated rings. The molecule has 2 rings (SSSR count). The van der Waals surface area contributed by atoms with Crippen molar-refractivity contribution in [1.29, 1.82) is 5.26 Å². The van der Waals surface area contributed by atoms with Gasteiger partial charge in [0.2, 0.25) is 0 Å². The van der Waals surface area contributed by atoms with Crippen LogP contribution < -0.4 is 5.32 Å². The van der Waals surface area contributed by atoms with Crippen LogP contribution in [0.15, 0.2) is 40.9 Å². The standard InChI is InChI=1S/C14H7BrClFN2O/c15-11-3-2-9(17)6-10(11)14(20)19-13-4-1-8(7-18)5-12(13)16/h1-6H,(H,19,20). The first-order valence-electron chi connectivity index (χ1n) is 5.47. The lowest BCUT2D eigenvalue weighted by atomic mass is 10.2. The third-order valence-electron chi connectivity index (χ3n) is 2.52. The molecular weight excluding hydrogens is 347 g/mol. The van der Waals surface area contributed by atoms with Gasteiger partial charge in [-0.15, -0.1) is 0 Å². The summed E-state index contributed by atoms with van der Waals surface area (Å²) >= 11 is 9.14. The van der Waals surface area contributed by atoms with E-state index in [0.717, 1.165) is 6.07 Å². The monoisotopic (exact) mass is 352 g/mol. The molecule has 0 saturated carbocycles. The highest BCUT2D eigenvalue weighted by Gasteiger charge is 2.13. The fourth-order valence-corrected chi connectivity index (χ4v) is 2.20. The Morgan fingerprint density at radius 1 is 1.30 bits per heavy atom. The van der Waals surface area contributed by atoms with Crippen LogP contribution in [0, 0.1) is 17.1 Å². The first kappa shape index (κ1) is 14.5. The largest absolute Gasteiger partial charge is 0.321 e. The first-order valence-corrected chi connectivity index (χ1v) is 6.64. The fraction of sp³-hybridized carbons (Fsp3) is 0. The molecule has 0 aromatic heterocycles. The molecule has 1 N–H and O–H groups in total. The number of nitrogens with zero attached hydrogens (tertiary/aromatic N) is 1. The summed E-state index contributed by atoms with van der Waals surface area (Å²) in [5, 5.41) is 11.5. The minimum absolute atomic E-state index is 0.158. The first-order chi connectivity index (χ1) is 9.51. The van der Waals surface area contributed by atoms with Gasteiger partial charge in [-0.05, 0) is 52.3 Å². The summed E-state index contributed by atoms with van der Waals surface area (Å²) in [6.07, 6.45) is 0. The second-order valence-electron chi connectivity index (χ2n) is 3.88. The van der Waals surface area contributed by atoms with Crippen molar-refractivity contribution < 1.29 is 9.18 Å². The molecule has 1 amide bonds. The summed E-state index contributed by atoms with van der Waals surface area (Å²) in [5.74, 6) is -1.01. The molecule has 0 aliphatic heterocycles. The van der Waals surface area contributed by atoms with Crippen LogP contribution >= 0.6 is 27.5 Å². The van der Waals surface area contributed by atoms with E-state index in [9.17, 15) is 9.18 Å². The molecule has 0 bridgehead atoms. The number of hydrogen-bond donors (Lipinski definition) is 1. The Morgan fingerprint density at radius 3 is 2.70 bits per heavy atom. The van der Waals surface area contributed by atoms with E-state index in [4.69, 9.17) is 16.9 Å². The van der Waals surface area contributed by atoms with Crippen molar-refractivity contribution in [3.05, 3.63) is 62.8 Å². The van der Waals surface area contributed by atoms with Crippen LogP contribution in [-0.4, -0.2) is 5.91 Å². The fourth-order valence-electron chi connectivity index (χ4n) is 1.55. The number of halogens is 3. The lowest BCUT2D eigenvalue weighted by Crippen LogP contribution is -2.13. The minimum Gasteiger partial charge on any atom is -0.321 e. The smallest absolute Gasteiger partial charge is 0.256 e. The van der Waals surface area contributed by atoms with Crippen molar-refractivity contribution in [2.75, 3.05) is 5.32 Å². The van der Waals surface area contributed by atoms with Gasteiger partial charge < -0.3 is 5.32 Å². The quantitative estimate of drug-likeness (QED) is 0.872. The number of benzene rings is 2. The number of nitriles is 1. The molecule has 0 spiro atoms. The van der Waals surface area contributed by atoms with Crippen molar-refractivity contribution in [1.82, 2.24) is 0 Å². The van der Waals surface area contributed by atoms with Crippen LogP contribution in [-0.2, 0) is 0 Å². The van der Waals surface area contributed by atoms with Gasteiger partial charge in [-0.3, -0.25) is 4.79 Å². The highest BCUT2D eigenvalue weighted by molar-refractivity contribution is 9.10. The van der Waals surface area contributed by atoms with Crippen molar-refractivity contribution in [3.63, 3.8) is 0 Å². The molecule has 0 aliphatic carbocycles. The summed E-state index contributed by atoms with van der Waals surface area (Å²) in [5.41, 5.74) is 0.900. The van der Waals surface area contributed by atoms with Gasteiger partial charge in [0.15, 0.2) is 0 Å². The average Bonchev–Trinajstić information content (AvgIpc) is 2.43. The van der Waals surface area contributed by atoms with Gasteiger partial charge in [0.1, 0.15) is 5.82 Å². The Kier molecular flexibility index (Phi) is 4.38. The van der Waals surface area contributed by atoms with E-state index in [1.54, 1.807) is 0 Å². The van der Waals surface area contributed by atoms with Crippen LogP contribution in [0.3, 0.4) is 0 Å². The Morgan fingerprint density at radius 2 is 2.05 bits per heavy atom. The molecule has 0 unspecified atom stereocenters. The number of nitrogens with one attached hydrogen (secondary N) is 1. The second-order valence-corrected chi connectivity index (χ2v) is 5.15. The van der Waals surface area contributed by atoms with Gasteiger partial charge >= 0.3 is 0 Å². The maximum absolute atomic E-state index is 13.2. The molecule has 20 heavy (non-hydrogen) atoms. The Bertz CT molecular complexity index is 728. The van der Waals surface area contributed by atoms with E-state index >= 15 is 0 Å². The molecule has 0 saturated heterocycles. The summed E-state index contributed by atoms with van der Waals surface area (Å²) < 4.78 is 13.6. The van der Waals surface area contributed by atoms with Crippen molar-refractivity contribution >= 4 is 39.1 Å². The Hall–Kier alpha value is -1.90. The number of hydrogen-bond acceptors (Lipinski definition) is 2. The maximum Gasteiger partial charge on any atom is 0.256 e. The zero-order valence-electron chi connectivity index (χ0n) is 9.95. The average molecular weight is 354 g/mol. The Balaban J connectivity index is 2.28. The van der Waals surface area contributed by atoms with Gasteiger partial charge in [0.25, 0.3) is 5.91 Å². The van der Waals surface area contributed by atoms with Gasteiger partial charge in [-0.2, -0.15) is 5.26 Å². The number of anilines is 1. The highest BCUT2D eigenvalue weighted by atomic mass is 79.9. The van der Waals surface area contributed by atoms with E-state index in [-0.39, 0.29) is 10.6 Å². The van der Waals surface area contributed by atoms with Crippen LogP contribution in [0.4, 0.5) is 10.1 Å². The molecule has 2 aromatic carbocycles. The van der Waals surface area contributed by atoms with E-state index in [2.05, 4.69) is 21.2 Å². The number of amides is 1. The topological polar surface area (TPSA) is 52.9 Å². The lowest BCUT2D eigenvalue weighted by Gasteiger charge is -2.08. The van der Waals surface area contributed by atoms with Gasteiger partial charge in [0, 0.05) is 4.47 Å². The minimum atomic E-state index is -0.510. The predicted molar refractivity (Wildman–Crippen MR) is 78.2 cm³/mol.